The average molecular weight is 201 g/mol. The fourth-order valence-corrected chi connectivity index (χ4v) is 1.98. The van der Waals surface area contributed by atoms with E-state index in [1.165, 1.54) is 0 Å². The molecule has 0 spiro atoms. The fraction of sp³-hybridized carbons (Fsp3) is 1.00. The van der Waals surface area contributed by atoms with Crippen LogP contribution in [-0.4, -0.2) is 35.7 Å². The van der Waals surface area contributed by atoms with Crippen molar-refractivity contribution >= 4 is 0 Å². The van der Waals surface area contributed by atoms with E-state index >= 15 is 0 Å². The van der Waals surface area contributed by atoms with Crippen molar-refractivity contribution in [2.75, 3.05) is 19.8 Å². The minimum atomic E-state index is 0.204. The molecule has 14 heavy (non-hydrogen) atoms. The van der Waals surface area contributed by atoms with E-state index in [9.17, 15) is 0 Å². The van der Waals surface area contributed by atoms with Gasteiger partial charge >= 0.3 is 0 Å². The molecule has 0 aromatic carbocycles. The molecule has 0 unspecified atom stereocenters. The third-order valence-electron chi connectivity index (χ3n) is 2.28. The van der Waals surface area contributed by atoms with E-state index in [1.807, 2.05) is 6.92 Å². The van der Waals surface area contributed by atoms with Crippen molar-refractivity contribution in [2.24, 2.45) is 0 Å². The Morgan fingerprint density at radius 3 is 1.64 bits per heavy atom. The maximum Gasteiger partial charge on any atom is 0.0593 e. The van der Waals surface area contributed by atoms with Crippen LogP contribution in [0.4, 0.5) is 0 Å². The molecule has 0 atom stereocenters. The van der Waals surface area contributed by atoms with Crippen LogP contribution < -0.4 is 0 Å². The Kier molecular flexibility index (Phi) is 5.10. The Morgan fingerprint density at radius 2 is 1.36 bits per heavy atom. The van der Waals surface area contributed by atoms with Crippen LogP contribution in [0.5, 0.6) is 0 Å². The highest BCUT2D eigenvalue weighted by molar-refractivity contribution is 4.86. The highest BCUT2D eigenvalue weighted by Crippen LogP contribution is 2.23. The molecule has 2 nitrogen and oxygen atoms in total. The second-order valence-electron chi connectivity index (χ2n) is 5.69. The summed E-state index contributed by atoms with van der Waals surface area (Å²) in [7, 11) is 0. The first kappa shape index (κ1) is 13.9. The molecule has 0 N–H and O–H groups in total. The van der Waals surface area contributed by atoms with Crippen molar-refractivity contribution in [1.29, 1.82) is 0 Å². The van der Waals surface area contributed by atoms with Crippen LogP contribution in [-0.2, 0) is 4.74 Å². The topological polar surface area (TPSA) is 12.5 Å². The maximum atomic E-state index is 5.41. The highest BCUT2D eigenvalue weighted by Gasteiger charge is 2.30. The largest absolute Gasteiger partial charge is 0.380 e. The van der Waals surface area contributed by atoms with Crippen LogP contribution in [0, 0.1) is 0 Å². The highest BCUT2D eigenvalue weighted by atomic mass is 16.5. The number of rotatable bonds is 4. The van der Waals surface area contributed by atoms with Gasteiger partial charge in [-0.3, -0.25) is 4.90 Å². The third kappa shape index (κ3) is 4.97. The molecular weight excluding hydrogens is 174 g/mol. The Bertz CT molecular complexity index is 139. The molecule has 0 fully saturated rings. The van der Waals surface area contributed by atoms with Gasteiger partial charge in [0.05, 0.1) is 6.61 Å². The Morgan fingerprint density at radius 1 is 0.929 bits per heavy atom. The van der Waals surface area contributed by atoms with E-state index in [-0.39, 0.29) is 11.1 Å². The fourth-order valence-electron chi connectivity index (χ4n) is 1.98. The lowest BCUT2D eigenvalue weighted by molar-refractivity contribution is 0.00752. The van der Waals surface area contributed by atoms with Crippen molar-refractivity contribution in [3.63, 3.8) is 0 Å². The van der Waals surface area contributed by atoms with Crippen LogP contribution in [0.15, 0.2) is 0 Å². The van der Waals surface area contributed by atoms with Crippen molar-refractivity contribution in [3.05, 3.63) is 0 Å². The van der Waals surface area contributed by atoms with Gasteiger partial charge in [-0.25, -0.2) is 0 Å². The van der Waals surface area contributed by atoms with E-state index in [2.05, 4.69) is 46.4 Å². The first-order chi connectivity index (χ1) is 6.19. The molecule has 0 bridgehead atoms. The summed E-state index contributed by atoms with van der Waals surface area (Å²) in [6.45, 7) is 18.2. The zero-order valence-corrected chi connectivity index (χ0v) is 11.0. The molecule has 0 aliphatic rings. The van der Waals surface area contributed by atoms with Crippen LogP contribution in [0.25, 0.3) is 0 Å². The second kappa shape index (κ2) is 5.13. The monoisotopic (exact) mass is 201 g/mol. The van der Waals surface area contributed by atoms with Crippen LogP contribution in [0.2, 0.25) is 0 Å². The average Bonchev–Trinajstić information content (AvgIpc) is 1.92. The van der Waals surface area contributed by atoms with Gasteiger partial charge in [0.2, 0.25) is 0 Å². The quantitative estimate of drug-likeness (QED) is 0.648. The van der Waals surface area contributed by atoms with E-state index in [4.69, 9.17) is 4.74 Å². The molecule has 0 rings (SSSR count). The summed E-state index contributed by atoms with van der Waals surface area (Å²) in [4.78, 5) is 2.48. The second-order valence-corrected chi connectivity index (χ2v) is 5.69. The molecule has 0 aromatic rings. The minimum absolute atomic E-state index is 0.204. The number of hydrogen-bond donors (Lipinski definition) is 0. The standard InChI is InChI=1S/C12H27NO/c1-8-14-10-9-13(11(2,3)4)12(5,6)7/h8-10H2,1-7H3. The normalized spacial score (nSPS) is 13.7. The van der Waals surface area contributed by atoms with Gasteiger partial charge in [0.25, 0.3) is 0 Å². The Balaban J connectivity index is 4.28. The Hall–Kier alpha value is -0.0800. The molecule has 86 valence electrons. The molecule has 0 amide bonds. The van der Waals surface area contributed by atoms with Gasteiger partial charge in [-0.15, -0.1) is 0 Å². The van der Waals surface area contributed by atoms with Gasteiger partial charge in [-0.2, -0.15) is 0 Å². The van der Waals surface area contributed by atoms with E-state index in [0.29, 0.717) is 0 Å². The van der Waals surface area contributed by atoms with Crippen LogP contribution in [0.1, 0.15) is 48.5 Å². The zero-order chi connectivity index (χ0) is 11.4. The molecule has 0 aliphatic heterocycles. The molecule has 0 saturated heterocycles. The van der Waals surface area contributed by atoms with Crippen LogP contribution in [0.3, 0.4) is 0 Å². The summed E-state index contributed by atoms with van der Waals surface area (Å²) in [6.07, 6.45) is 0. The molecule has 0 radical (unpaired) electrons. The van der Waals surface area contributed by atoms with Gasteiger partial charge in [0.1, 0.15) is 0 Å². The third-order valence-corrected chi connectivity index (χ3v) is 2.28. The van der Waals surface area contributed by atoms with Crippen LogP contribution >= 0.6 is 0 Å². The number of hydrogen-bond acceptors (Lipinski definition) is 2. The summed E-state index contributed by atoms with van der Waals surface area (Å²) in [5.41, 5.74) is 0.407. The van der Waals surface area contributed by atoms with Gasteiger partial charge in [0, 0.05) is 24.2 Å². The number of nitrogens with zero attached hydrogens (tertiary/aromatic N) is 1. The molecule has 0 aromatic heterocycles. The summed E-state index contributed by atoms with van der Waals surface area (Å²) in [5.74, 6) is 0. The van der Waals surface area contributed by atoms with E-state index in [0.717, 1.165) is 19.8 Å². The lowest BCUT2D eigenvalue weighted by atomic mass is 9.96. The first-order valence-corrected chi connectivity index (χ1v) is 5.55. The molecular formula is C12H27NO. The van der Waals surface area contributed by atoms with Gasteiger partial charge in [0.15, 0.2) is 0 Å². The zero-order valence-electron chi connectivity index (χ0n) is 11.0. The predicted octanol–water partition coefficient (Wildman–Crippen LogP) is 2.92. The van der Waals surface area contributed by atoms with E-state index < -0.39 is 0 Å². The van der Waals surface area contributed by atoms with Gasteiger partial charge in [-0.1, -0.05) is 0 Å². The van der Waals surface area contributed by atoms with E-state index in [1.54, 1.807) is 0 Å². The lowest BCUT2D eigenvalue weighted by Crippen LogP contribution is -2.53. The van der Waals surface area contributed by atoms with Crippen molar-refractivity contribution in [3.8, 4) is 0 Å². The smallest absolute Gasteiger partial charge is 0.0593 e. The SMILES string of the molecule is CCOCCN(C(C)(C)C)C(C)(C)C. The summed E-state index contributed by atoms with van der Waals surface area (Å²) < 4.78 is 5.41. The Labute approximate surface area is 89.6 Å². The molecule has 2 heteroatoms. The number of ether oxygens (including phenoxy) is 1. The summed E-state index contributed by atoms with van der Waals surface area (Å²) >= 11 is 0. The summed E-state index contributed by atoms with van der Waals surface area (Å²) in [6, 6.07) is 0. The summed E-state index contributed by atoms with van der Waals surface area (Å²) in [5, 5.41) is 0. The molecule has 0 saturated carbocycles. The van der Waals surface area contributed by atoms with Crippen molar-refractivity contribution in [2.45, 2.75) is 59.5 Å². The molecule has 0 aliphatic carbocycles. The lowest BCUT2D eigenvalue weighted by Gasteiger charge is -2.45. The van der Waals surface area contributed by atoms with Crippen molar-refractivity contribution < 1.29 is 4.74 Å². The minimum Gasteiger partial charge on any atom is -0.380 e. The van der Waals surface area contributed by atoms with Gasteiger partial charge in [-0.05, 0) is 48.5 Å². The molecule has 0 heterocycles. The maximum absolute atomic E-state index is 5.41. The van der Waals surface area contributed by atoms with Crippen molar-refractivity contribution in [1.82, 2.24) is 4.90 Å². The van der Waals surface area contributed by atoms with Gasteiger partial charge < -0.3 is 4.74 Å². The first-order valence-electron chi connectivity index (χ1n) is 5.55. The predicted molar refractivity (Wildman–Crippen MR) is 62.7 cm³/mol.